The third-order valence-electron chi connectivity index (χ3n) is 4.35. The van der Waals surface area contributed by atoms with Gasteiger partial charge in [0, 0.05) is 17.2 Å². The summed E-state index contributed by atoms with van der Waals surface area (Å²) in [4.78, 5) is 0. The lowest BCUT2D eigenvalue weighted by atomic mass is 9.89. The standard InChI is InChI=1S/C16H12O6/c17-7-1-2-8-11(3-7)19-5-10-9-4-12-16(21-6-20-12)13(18)15(9)22-14(8)10/h1-4,10,14,17-18H,5-6H2/t10-,14+/m1/s1. The average Bonchev–Trinajstić information content (AvgIpc) is 3.12. The van der Waals surface area contributed by atoms with Crippen LogP contribution in [0.1, 0.15) is 23.1 Å². The Morgan fingerprint density at radius 2 is 1.82 bits per heavy atom. The fourth-order valence-corrected chi connectivity index (χ4v) is 3.32. The largest absolute Gasteiger partial charge is 0.508 e. The van der Waals surface area contributed by atoms with Crippen LogP contribution < -0.4 is 18.9 Å². The van der Waals surface area contributed by atoms with Crippen molar-refractivity contribution in [3.63, 3.8) is 0 Å². The number of hydrogen-bond donors (Lipinski definition) is 2. The fraction of sp³-hybridized carbons (Fsp3) is 0.250. The van der Waals surface area contributed by atoms with Crippen LogP contribution in [0, 0.1) is 0 Å². The number of hydrogen-bond acceptors (Lipinski definition) is 6. The van der Waals surface area contributed by atoms with Gasteiger partial charge in [0.2, 0.25) is 18.3 Å². The van der Waals surface area contributed by atoms with Crippen molar-refractivity contribution in [3.8, 4) is 34.5 Å². The number of aromatic hydroxyl groups is 2. The summed E-state index contributed by atoms with van der Waals surface area (Å²) in [7, 11) is 0. The highest BCUT2D eigenvalue weighted by Crippen LogP contribution is 2.59. The van der Waals surface area contributed by atoms with Crippen molar-refractivity contribution in [1.29, 1.82) is 0 Å². The van der Waals surface area contributed by atoms with Gasteiger partial charge in [0.05, 0.1) is 12.5 Å². The molecular weight excluding hydrogens is 288 g/mol. The summed E-state index contributed by atoms with van der Waals surface area (Å²) in [6.45, 7) is 0.506. The predicted octanol–water partition coefficient (Wildman–Crippen LogP) is 2.44. The van der Waals surface area contributed by atoms with Crippen LogP contribution in [0.25, 0.3) is 0 Å². The second kappa shape index (κ2) is 3.91. The lowest BCUT2D eigenvalue weighted by Gasteiger charge is -2.27. The molecule has 22 heavy (non-hydrogen) atoms. The van der Waals surface area contributed by atoms with Crippen molar-refractivity contribution >= 4 is 0 Å². The summed E-state index contributed by atoms with van der Waals surface area (Å²) in [5.74, 6) is 1.96. The lowest BCUT2D eigenvalue weighted by Crippen LogP contribution is -2.23. The fourth-order valence-electron chi connectivity index (χ4n) is 3.32. The average molecular weight is 300 g/mol. The summed E-state index contributed by atoms with van der Waals surface area (Å²) >= 11 is 0. The van der Waals surface area contributed by atoms with Crippen LogP contribution in [0.4, 0.5) is 0 Å². The minimum atomic E-state index is -0.257. The minimum absolute atomic E-state index is 0.0280. The van der Waals surface area contributed by atoms with E-state index in [0.717, 1.165) is 11.1 Å². The molecule has 0 bridgehead atoms. The van der Waals surface area contributed by atoms with E-state index in [9.17, 15) is 10.2 Å². The molecule has 0 aliphatic carbocycles. The number of ether oxygens (including phenoxy) is 4. The molecular formula is C16H12O6. The summed E-state index contributed by atoms with van der Waals surface area (Å²) in [5.41, 5.74) is 1.71. The Bertz CT molecular complexity index is 800. The van der Waals surface area contributed by atoms with E-state index in [1.54, 1.807) is 18.2 Å². The zero-order valence-corrected chi connectivity index (χ0v) is 11.4. The van der Waals surface area contributed by atoms with E-state index in [-0.39, 0.29) is 30.3 Å². The van der Waals surface area contributed by atoms with Crippen molar-refractivity contribution in [2.75, 3.05) is 13.4 Å². The highest BCUT2D eigenvalue weighted by Gasteiger charge is 2.44. The Labute approximate surface area is 125 Å². The third-order valence-corrected chi connectivity index (χ3v) is 4.35. The van der Waals surface area contributed by atoms with Crippen LogP contribution in [-0.2, 0) is 0 Å². The Hall–Kier alpha value is -2.76. The summed E-state index contributed by atoms with van der Waals surface area (Å²) < 4.78 is 22.4. The van der Waals surface area contributed by atoms with E-state index < -0.39 is 0 Å². The topological polar surface area (TPSA) is 77.4 Å². The normalized spacial score (nSPS) is 23.1. The van der Waals surface area contributed by atoms with Crippen molar-refractivity contribution in [2.24, 2.45) is 0 Å². The number of fused-ring (bicyclic) bond motifs is 6. The summed E-state index contributed by atoms with van der Waals surface area (Å²) in [6.07, 6.45) is -0.257. The van der Waals surface area contributed by atoms with E-state index in [2.05, 4.69) is 0 Å². The Morgan fingerprint density at radius 3 is 2.73 bits per heavy atom. The Morgan fingerprint density at radius 1 is 0.909 bits per heavy atom. The molecule has 0 saturated carbocycles. The predicted molar refractivity (Wildman–Crippen MR) is 73.9 cm³/mol. The molecule has 5 rings (SSSR count). The first-order valence-electron chi connectivity index (χ1n) is 7.00. The number of benzene rings is 2. The van der Waals surface area contributed by atoms with Crippen LogP contribution >= 0.6 is 0 Å². The maximum Gasteiger partial charge on any atom is 0.231 e. The van der Waals surface area contributed by atoms with Gasteiger partial charge in [-0.15, -0.1) is 0 Å². The van der Waals surface area contributed by atoms with Gasteiger partial charge in [-0.2, -0.15) is 0 Å². The Balaban J connectivity index is 1.65. The molecule has 0 saturated heterocycles. The van der Waals surface area contributed by atoms with Crippen molar-refractivity contribution in [2.45, 2.75) is 12.0 Å². The van der Waals surface area contributed by atoms with Gasteiger partial charge < -0.3 is 29.2 Å². The van der Waals surface area contributed by atoms with Crippen LogP contribution in [0.15, 0.2) is 24.3 Å². The molecule has 0 spiro atoms. The zero-order chi connectivity index (χ0) is 14.8. The summed E-state index contributed by atoms with van der Waals surface area (Å²) in [5, 5.41) is 19.9. The van der Waals surface area contributed by atoms with Crippen LogP contribution in [0.5, 0.6) is 34.5 Å². The van der Waals surface area contributed by atoms with Crippen LogP contribution in [0.2, 0.25) is 0 Å². The number of rotatable bonds is 0. The highest BCUT2D eigenvalue weighted by atomic mass is 16.7. The molecule has 6 nitrogen and oxygen atoms in total. The van der Waals surface area contributed by atoms with Gasteiger partial charge in [0.1, 0.15) is 17.6 Å². The van der Waals surface area contributed by atoms with Gasteiger partial charge >= 0.3 is 0 Å². The molecule has 0 amide bonds. The van der Waals surface area contributed by atoms with Gasteiger partial charge in [-0.1, -0.05) is 0 Å². The molecule has 2 N–H and O–H groups in total. The molecule has 0 fully saturated rings. The molecule has 3 aliphatic heterocycles. The SMILES string of the molecule is Oc1ccc2c(c1)OC[C@@H]1c3cc4c(c(O)c3O[C@@H]21)OCO4. The second-order valence-electron chi connectivity index (χ2n) is 5.56. The molecule has 6 heteroatoms. The van der Waals surface area contributed by atoms with Crippen LogP contribution in [0.3, 0.4) is 0 Å². The van der Waals surface area contributed by atoms with Crippen molar-refractivity contribution in [3.05, 3.63) is 35.4 Å². The van der Waals surface area contributed by atoms with E-state index >= 15 is 0 Å². The van der Waals surface area contributed by atoms with Gasteiger partial charge in [-0.05, 0) is 18.2 Å². The minimum Gasteiger partial charge on any atom is -0.508 e. The maximum atomic E-state index is 10.4. The first kappa shape index (κ1) is 11.9. The second-order valence-corrected chi connectivity index (χ2v) is 5.56. The number of phenolic OH excluding ortho intramolecular Hbond substituents is 2. The molecule has 3 aliphatic rings. The maximum absolute atomic E-state index is 10.4. The first-order valence-corrected chi connectivity index (χ1v) is 7.00. The van der Waals surface area contributed by atoms with E-state index in [1.807, 2.05) is 6.07 Å². The van der Waals surface area contributed by atoms with Crippen molar-refractivity contribution in [1.82, 2.24) is 0 Å². The molecule has 2 aromatic rings. The molecule has 2 atom stereocenters. The molecule has 0 aromatic heterocycles. The highest BCUT2D eigenvalue weighted by molar-refractivity contribution is 5.66. The van der Waals surface area contributed by atoms with E-state index in [4.69, 9.17) is 18.9 Å². The monoisotopic (exact) mass is 300 g/mol. The van der Waals surface area contributed by atoms with E-state index in [1.165, 1.54) is 0 Å². The zero-order valence-electron chi connectivity index (χ0n) is 11.4. The third kappa shape index (κ3) is 1.39. The first-order chi connectivity index (χ1) is 10.7. The van der Waals surface area contributed by atoms with Gasteiger partial charge in [0.25, 0.3) is 0 Å². The van der Waals surface area contributed by atoms with E-state index in [0.29, 0.717) is 29.6 Å². The molecule has 3 heterocycles. The molecule has 2 aromatic carbocycles. The lowest BCUT2D eigenvalue weighted by molar-refractivity contribution is 0.135. The Kier molecular flexibility index (Phi) is 2.11. The van der Waals surface area contributed by atoms with Gasteiger partial charge in [-0.3, -0.25) is 0 Å². The molecule has 0 radical (unpaired) electrons. The van der Waals surface area contributed by atoms with Gasteiger partial charge in [0.15, 0.2) is 11.5 Å². The van der Waals surface area contributed by atoms with Gasteiger partial charge in [-0.25, -0.2) is 0 Å². The van der Waals surface area contributed by atoms with Crippen LogP contribution in [-0.4, -0.2) is 23.6 Å². The molecule has 0 unspecified atom stereocenters. The van der Waals surface area contributed by atoms with Crippen molar-refractivity contribution < 1.29 is 29.2 Å². The summed E-state index contributed by atoms with van der Waals surface area (Å²) in [6, 6.07) is 6.80. The smallest absolute Gasteiger partial charge is 0.231 e. The quantitative estimate of drug-likeness (QED) is 0.778. The number of phenols is 2. The molecule has 112 valence electrons.